The zero-order valence-corrected chi connectivity index (χ0v) is 21.0. The third-order valence-corrected chi connectivity index (χ3v) is 6.83. The molecule has 0 unspecified atom stereocenters. The second kappa shape index (κ2) is 9.27. The van der Waals surface area contributed by atoms with Crippen molar-refractivity contribution in [2.75, 3.05) is 62.7 Å². The Hall–Kier alpha value is -3.11. The molecule has 1 fully saturated rings. The Morgan fingerprint density at radius 1 is 1.15 bits per heavy atom. The number of carbonyl (C=O) groups is 1. The van der Waals surface area contributed by atoms with Crippen LogP contribution in [0.25, 0.3) is 10.9 Å². The van der Waals surface area contributed by atoms with Gasteiger partial charge in [0, 0.05) is 55.0 Å². The molecule has 10 heteroatoms. The minimum absolute atomic E-state index is 0.0585. The number of nitrogens with one attached hydrogen (secondary N) is 2. The van der Waals surface area contributed by atoms with Crippen molar-refractivity contribution in [1.82, 2.24) is 19.4 Å². The Bertz CT molecular complexity index is 1290. The van der Waals surface area contributed by atoms with Crippen molar-refractivity contribution in [2.24, 2.45) is 0 Å². The molecule has 1 amide bonds. The zero-order chi connectivity index (χ0) is 24.5. The fraction of sp³-hybridized carbons (Fsp3) is 0.417. The van der Waals surface area contributed by atoms with Gasteiger partial charge in [-0.05, 0) is 36.8 Å². The third-order valence-electron chi connectivity index (χ3n) is 6.22. The highest BCUT2D eigenvalue weighted by atomic mass is 32.2. The van der Waals surface area contributed by atoms with Crippen molar-refractivity contribution in [1.29, 1.82) is 0 Å². The van der Waals surface area contributed by atoms with Gasteiger partial charge in [0.15, 0.2) is 11.5 Å². The summed E-state index contributed by atoms with van der Waals surface area (Å²) in [4.78, 5) is 25.2. The molecule has 1 aliphatic rings. The van der Waals surface area contributed by atoms with Crippen LogP contribution in [0.1, 0.15) is 23.8 Å². The maximum Gasteiger partial charge on any atom is 0.270 e. The predicted molar refractivity (Wildman–Crippen MR) is 138 cm³/mol. The molecule has 2 N–H and O–H groups in total. The Labute approximate surface area is 201 Å². The van der Waals surface area contributed by atoms with Crippen LogP contribution in [-0.2, 0) is 10.0 Å². The van der Waals surface area contributed by atoms with Gasteiger partial charge in [-0.15, -0.1) is 0 Å². The van der Waals surface area contributed by atoms with Crippen LogP contribution in [0.4, 0.5) is 17.2 Å². The van der Waals surface area contributed by atoms with E-state index in [1.807, 2.05) is 17.2 Å². The third kappa shape index (κ3) is 5.18. The number of carbonyl (C=O) groups excluding carboxylic acids is 1. The van der Waals surface area contributed by atoms with Crippen LogP contribution in [0.2, 0.25) is 0 Å². The maximum absolute atomic E-state index is 13.2. The number of amides is 1. The molecule has 4 rings (SSSR count). The lowest BCUT2D eigenvalue weighted by molar-refractivity contribution is 0.0741. The van der Waals surface area contributed by atoms with E-state index in [4.69, 9.17) is 4.98 Å². The quantitative estimate of drug-likeness (QED) is 0.502. The molecule has 0 bridgehead atoms. The van der Waals surface area contributed by atoms with Crippen LogP contribution < -0.4 is 14.1 Å². The topological polar surface area (TPSA) is 98.4 Å². The summed E-state index contributed by atoms with van der Waals surface area (Å²) in [6.45, 7) is 5.85. The smallest absolute Gasteiger partial charge is 0.270 e. The monoisotopic (exact) mass is 485 g/mol. The van der Waals surface area contributed by atoms with E-state index in [2.05, 4.69) is 41.7 Å². The first kappa shape index (κ1) is 24.0. The van der Waals surface area contributed by atoms with Crippen molar-refractivity contribution in [3.63, 3.8) is 0 Å². The maximum atomic E-state index is 13.2. The van der Waals surface area contributed by atoms with Gasteiger partial charge in [0.25, 0.3) is 5.91 Å². The summed E-state index contributed by atoms with van der Waals surface area (Å²) in [5.41, 5.74) is 2.95. The van der Waals surface area contributed by atoms with Gasteiger partial charge in [-0.2, -0.15) is 0 Å². The highest BCUT2D eigenvalue weighted by Gasteiger charge is 2.29. The Balaban J connectivity index is 1.47. The number of aromatic nitrogens is 2. The zero-order valence-electron chi connectivity index (χ0n) is 20.2. The molecular formula is C24H33N6O3S+. The number of rotatable bonds is 7. The van der Waals surface area contributed by atoms with Crippen LogP contribution in [0.3, 0.4) is 0 Å². The SMILES string of the molecule is CCC[N+](C)(C)c1cccnc1N1CCN(C(=O)c2cc3cc(NS(C)(=O)=O)ccc3[nH]2)CC1. The van der Waals surface area contributed by atoms with Gasteiger partial charge in [0.05, 0.1) is 26.9 Å². The molecule has 1 aliphatic heterocycles. The fourth-order valence-electron chi connectivity index (χ4n) is 4.60. The number of piperazine rings is 1. The number of hydrogen-bond donors (Lipinski definition) is 2. The molecule has 0 aliphatic carbocycles. The number of benzene rings is 1. The van der Waals surface area contributed by atoms with Gasteiger partial charge in [-0.3, -0.25) is 14.0 Å². The number of hydrogen-bond acceptors (Lipinski definition) is 5. The molecule has 34 heavy (non-hydrogen) atoms. The first-order chi connectivity index (χ1) is 16.1. The molecule has 9 nitrogen and oxygen atoms in total. The van der Waals surface area contributed by atoms with Crippen molar-refractivity contribution >= 4 is 44.0 Å². The molecule has 0 atom stereocenters. The summed E-state index contributed by atoms with van der Waals surface area (Å²) in [6, 6.07) is 11.1. The Kier molecular flexibility index (Phi) is 6.55. The second-order valence-corrected chi connectivity index (χ2v) is 11.1. The van der Waals surface area contributed by atoms with E-state index in [-0.39, 0.29) is 5.91 Å². The summed E-state index contributed by atoms with van der Waals surface area (Å²) < 4.78 is 26.2. The van der Waals surface area contributed by atoms with Gasteiger partial charge < -0.3 is 14.8 Å². The molecular weight excluding hydrogens is 452 g/mol. The molecule has 1 saturated heterocycles. The summed E-state index contributed by atoms with van der Waals surface area (Å²) in [6.07, 6.45) is 4.03. The number of nitrogens with zero attached hydrogens (tertiary/aromatic N) is 4. The summed E-state index contributed by atoms with van der Waals surface area (Å²) >= 11 is 0. The largest absolute Gasteiger partial charge is 0.351 e. The number of fused-ring (bicyclic) bond motifs is 1. The number of quaternary nitrogens is 1. The number of sulfonamides is 1. The summed E-state index contributed by atoms with van der Waals surface area (Å²) in [5.74, 6) is 0.932. The molecule has 3 heterocycles. The first-order valence-corrected chi connectivity index (χ1v) is 13.4. The van der Waals surface area contributed by atoms with Crippen molar-refractivity contribution in [3.8, 4) is 0 Å². The Morgan fingerprint density at radius 2 is 1.88 bits per heavy atom. The number of pyridine rings is 1. The lowest BCUT2D eigenvalue weighted by atomic mass is 10.2. The standard InChI is InChI=1S/C24H32N6O3S/c1-5-15-30(2,3)22-7-6-10-25-23(22)28-11-13-29(14-12-28)24(31)21-17-18-16-19(27-34(4,32)33)8-9-20(18)26-21/h6-10,16-17,27H,5,11-15H2,1-4H3/p+1. The van der Waals surface area contributed by atoms with Crippen LogP contribution in [0.15, 0.2) is 42.6 Å². The molecule has 182 valence electrons. The molecule has 1 aromatic carbocycles. The first-order valence-electron chi connectivity index (χ1n) is 11.5. The van der Waals surface area contributed by atoms with E-state index in [0.29, 0.717) is 37.6 Å². The van der Waals surface area contributed by atoms with Crippen molar-refractivity contribution < 1.29 is 13.2 Å². The van der Waals surface area contributed by atoms with Crippen molar-refractivity contribution in [3.05, 3.63) is 48.3 Å². The number of anilines is 2. The summed E-state index contributed by atoms with van der Waals surface area (Å²) in [7, 11) is 1.05. The van der Waals surface area contributed by atoms with Crippen LogP contribution in [0, 0.1) is 0 Å². The van der Waals surface area contributed by atoms with E-state index in [1.165, 1.54) is 5.69 Å². The molecule has 0 saturated carbocycles. The minimum Gasteiger partial charge on any atom is -0.351 e. The van der Waals surface area contributed by atoms with Crippen LogP contribution >= 0.6 is 0 Å². The number of H-pyrrole nitrogens is 1. The van der Waals surface area contributed by atoms with E-state index in [9.17, 15) is 13.2 Å². The lowest BCUT2D eigenvalue weighted by Gasteiger charge is -2.38. The fourth-order valence-corrected chi connectivity index (χ4v) is 5.16. The van der Waals surface area contributed by atoms with Gasteiger partial charge >= 0.3 is 0 Å². The molecule has 3 aromatic rings. The Morgan fingerprint density at radius 3 is 2.56 bits per heavy atom. The van der Waals surface area contributed by atoms with E-state index in [1.54, 1.807) is 24.3 Å². The highest BCUT2D eigenvalue weighted by Crippen LogP contribution is 2.31. The van der Waals surface area contributed by atoms with E-state index >= 15 is 0 Å². The molecule has 2 aromatic heterocycles. The average molecular weight is 486 g/mol. The van der Waals surface area contributed by atoms with Gasteiger partial charge in [-0.25, -0.2) is 13.4 Å². The van der Waals surface area contributed by atoms with Crippen molar-refractivity contribution in [2.45, 2.75) is 13.3 Å². The molecule has 0 spiro atoms. The lowest BCUT2D eigenvalue weighted by Crippen LogP contribution is -2.50. The number of aromatic amines is 1. The second-order valence-electron chi connectivity index (χ2n) is 9.39. The summed E-state index contributed by atoms with van der Waals surface area (Å²) in [5, 5.41) is 0.782. The van der Waals surface area contributed by atoms with Gasteiger partial charge in [0.1, 0.15) is 5.69 Å². The van der Waals surface area contributed by atoms with E-state index in [0.717, 1.165) is 40.4 Å². The average Bonchev–Trinajstić information content (AvgIpc) is 3.21. The molecule has 0 radical (unpaired) electrons. The highest BCUT2D eigenvalue weighted by molar-refractivity contribution is 7.92. The van der Waals surface area contributed by atoms with Gasteiger partial charge in [0.2, 0.25) is 10.0 Å². The normalized spacial score (nSPS) is 15.1. The van der Waals surface area contributed by atoms with Crippen LogP contribution in [-0.4, -0.2) is 82.3 Å². The van der Waals surface area contributed by atoms with Crippen LogP contribution in [0.5, 0.6) is 0 Å². The minimum atomic E-state index is -3.36. The van der Waals surface area contributed by atoms with E-state index < -0.39 is 10.0 Å². The van der Waals surface area contributed by atoms with Gasteiger partial charge in [-0.1, -0.05) is 6.92 Å². The predicted octanol–water partition coefficient (Wildman–Crippen LogP) is 2.87.